The molecule has 0 bridgehead atoms. The lowest BCUT2D eigenvalue weighted by atomic mass is 10.00. The first-order chi connectivity index (χ1) is 60.6. The van der Waals surface area contributed by atoms with E-state index in [1.54, 1.807) is 58.2 Å². The molecule has 5 aliphatic rings. The molecular weight excluding hydrogens is 1850 g/mol. The standard InChI is InChI=1S/C20H33N4O3P.C19H31N4O3P.C16H24BrN4O3P.C16H24ClN4O3P.C16H24FN4O3P/c1-6-7-8-14-23-15-13(21)9-10-22-19(15)24(14)20-17(26)16(25)18(27-20)12(2)11-28(3,4)5;1-6-7-13-22-14-12(20)8-9-21-18(14)23(13)19-16(25)15(24)17(26-19)11(2)10-27(3,4)5;3*1-8(7-25(2,3)4)13-11(22)12(23)15(24-13)21-14-10(20-16(21)17)9(18)5-6-19-14/h9-10,12,16-18,20,25-26H,3,6-8,11H2,1-2,4-5H3,(H2,21,22);8-9,11,15-17,19,24-25H,3,6-7,10H2,1-2,4-5H3,(H2,20,21);3*5-6,8,11-13,15,22-23H,2,7H2,1,3-4H3,(H2,18,19)/t12?,16-,17+,18+,20+;11?,15-,16+,17+,19+;3*8?,11-,12+,13+,15+/m00000/s1. The van der Waals surface area contributed by atoms with Gasteiger partial charge in [-0.2, -0.15) is 9.37 Å². The number of aliphatic hydroxyl groups excluding tert-OH is 10. The Morgan fingerprint density at radius 2 is 0.600 bits per heavy atom. The minimum atomic E-state index is -1.35. The van der Waals surface area contributed by atoms with Gasteiger partial charge in [0.05, 0.1) is 59.0 Å². The zero-order valence-corrected chi connectivity index (χ0v) is 84.1. The lowest BCUT2D eigenvalue weighted by molar-refractivity contribution is -0.0537. The van der Waals surface area contributed by atoms with Crippen LogP contribution in [0.4, 0.5) is 32.8 Å². The van der Waals surface area contributed by atoms with Crippen molar-refractivity contribution in [3.05, 3.63) is 89.1 Å². The number of aryl methyl sites for hydroxylation is 2. The Bertz CT molecular complexity index is 5550. The fourth-order valence-electron chi connectivity index (χ4n) is 18.4. The van der Waals surface area contributed by atoms with E-state index in [1.807, 2.05) is 32.3 Å². The second kappa shape index (κ2) is 41.7. The van der Waals surface area contributed by atoms with Crippen LogP contribution in [-0.2, 0) is 36.5 Å². The number of aliphatic hydroxyl groups is 10. The number of fused-ring (bicyclic) bond motifs is 5. The number of halogens is 3. The second-order valence-electron chi connectivity index (χ2n) is 39.1. The highest BCUT2D eigenvalue weighted by Gasteiger charge is 2.53. The van der Waals surface area contributed by atoms with Crippen LogP contribution >= 0.6 is 62.0 Å². The van der Waals surface area contributed by atoms with Gasteiger partial charge in [-0.3, -0.25) is 22.8 Å². The Labute approximate surface area is 772 Å². The van der Waals surface area contributed by atoms with Gasteiger partial charge in [0.2, 0.25) is 5.28 Å². The summed E-state index contributed by atoms with van der Waals surface area (Å²) in [5.74, 6) is 1.78. The molecule has 15 rings (SSSR count). The van der Waals surface area contributed by atoms with Crippen LogP contribution in [0.2, 0.25) is 5.28 Å². The van der Waals surface area contributed by atoms with E-state index in [9.17, 15) is 55.5 Å². The normalized spacial score (nSPS) is 27.9. The third-order valence-electron chi connectivity index (χ3n) is 23.7. The molecule has 0 amide bonds. The molecule has 25 atom stereocenters. The van der Waals surface area contributed by atoms with Gasteiger partial charge in [-0.15, -0.1) is 65.9 Å². The number of aromatic nitrogens is 15. The Balaban J connectivity index is 0.000000157. The van der Waals surface area contributed by atoms with Crippen LogP contribution in [0.5, 0.6) is 0 Å². The van der Waals surface area contributed by atoms with Crippen LogP contribution < -0.4 is 28.7 Å². The van der Waals surface area contributed by atoms with Gasteiger partial charge in [-0.05, 0) is 198 Å². The Morgan fingerprint density at radius 1 is 0.362 bits per heavy atom. The lowest BCUT2D eigenvalue weighted by Gasteiger charge is -2.26. The number of nitrogens with two attached hydrogens (primary N) is 5. The molecule has 43 heteroatoms. The predicted molar refractivity (Wildman–Crippen MR) is 534 cm³/mol. The number of anilines is 5. The van der Waals surface area contributed by atoms with Gasteiger partial charge >= 0.3 is 0 Å². The minimum absolute atomic E-state index is 0.0358. The molecule has 5 unspecified atom stereocenters. The van der Waals surface area contributed by atoms with Crippen LogP contribution in [0.3, 0.4) is 0 Å². The number of pyridine rings is 5. The van der Waals surface area contributed by atoms with Gasteiger partial charge in [0.15, 0.2) is 64.1 Å². The maximum absolute atomic E-state index is 14.4. The van der Waals surface area contributed by atoms with Crippen molar-refractivity contribution in [3.8, 4) is 0 Å². The molecule has 5 fully saturated rings. The molecule has 5 aliphatic heterocycles. The number of nitrogen functional groups attached to an aromatic ring is 5. The topological polar surface area (TPSA) is 532 Å². The number of rotatable bonds is 25. The van der Waals surface area contributed by atoms with Crippen LogP contribution in [0.25, 0.3) is 55.8 Å². The summed E-state index contributed by atoms with van der Waals surface area (Å²) < 4.78 is 53.1. The fraction of sp³-hybridized carbons (Fsp3) is 0.598. The molecule has 5 saturated heterocycles. The van der Waals surface area contributed by atoms with E-state index in [0.717, 1.165) is 72.7 Å². The summed E-state index contributed by atoms with van der Waals surface area (Å²) in [5.41, 5.74) is 36.8. The number of nitrogens with zero attached hydrogens (tertiary/aromatic N) is 15. The summed E-state index contributed by atoms with van der Waals surface area (Å²) in [7, 11) is 0. The van der Waals surface area contributed by atoms with Gasteiger partial charge in [-0.1, -0.05) is 54.9 Å². The van der Waals surface area contributed by atoms with Crippen LogP contribution in [0, 0.1) is 35.7 Å². The van der Waals surface area contributed by atoms with Crippen molar-refractivity contribution in [3.63, 3.8) is 0 Å². The first-order valence-corrected chi connectivity index (χ1v) is 60.0. The molecule has 10 aromatic rings. The minimum Gasteiger partial charge on any atom is -0.397 e. The molecule has 15 heterocycles. The van der Waals surface area contributed by atoms with Crippen molar-refractivity contribution >= 4 is 178 Å². The van der Waals surface area contributed by atoms with E-state index in [2.05, 4.69) is 185 Å². The van der Waals surface area contributed by atoms with Crippen molar-refractivity contribution in [2.24, 2.45) is 29.6 Å². The van der Waals surface area contributed by atoms with E-state index < -0.39 is 163 Å². The number of hydrogen-bond donors (Lipinski definition) is 15. The summed E-state index contributed by atoms with van der Waals surface area (Å²) in [6.07, 6.45) is 19.1. The molecular formula is C87H136BrClFN20O15P5. The highest BCUT2D eigenvalue weighted by atomic mass is 79.9. The first-order valence-electron chi connectivity index (χ1n) is 43.6. The Kier molecular flexibility index (Phi) is 33.4. The number of ether oxygens (including phenoxy) is 5. The van der Waals surface area contributed by atoms with Crippen molar-refractivity contribution < 1.29 is 79.1 Å². The average Bonchev–Trinajstić information content (AvgIpc) is 1.58. The van der Waals surface area contributed by atoms with Crippen molar-refractivity contribution in [1.29, 1.82) is 0 Å². The summed E-state index contributed by atoms with van der Waals surface area (Å²) in [4.78, 5) is 43.2. The van der Waals surface area contributed by atoms with Gasteiger partial charge in [0.25, 0.3) is 6.08 Å². The molecule has 10 aromatic heterocycles. The predicted octanol–water partition coefficient (Wildman–Crippen LogP) is 8.74. The van der Waals surface area contributed by atoms with Crippen LogP contribution in [0.15, 0.2) is 66.0 Å². The van der Waals surface area contributed by atoms with Gasteiger partial charge in [-0.25, -0.2) is 44.9 Å². The molecule has 0 aliphatic carbocycles. The van der Waals surface area contributed by atoms with E-state index in [0.29, 0.717) is 78.6 Å². The molecule has 0 radical (unpaired) electrons. The zero-order chi connectivity index (χ0) is 96.1. The van der Waals surface area contributed by atoms with Crippen molar-refractivity contribution in [2.75, 3.05) is 126 Å². The molecule has 0 aromatic carbocycles. The molecule has 20 N–H and O–H groups in total. The quantitative estimate of drug-likeness (QED) is 0.0238. The number of hydrogen-bond acceptors (Lipinski definition) is 30. The van der Waals surface area contributed by atoms with Gasteiger partial charge < -0.3 is 103 Å². The smallest absolute Gasteiger partial charge is 0.293 e. The highest BCUT2D eigenvalue weighted by molar-refractivity contribution is 9.10. The van der Waals surface area contributed by atoms with E-state index in [1.165, 1.54) is 16.8 Å². The third-order valence-corrected chi connectivity index (χ3v) is 32.3. The van der Waals surface area contributed by atoms with E-state index >= 15 is 0 Å². The second-order valence-corrected chi connectivity index (χ2v) is 61.3. The van der Waals surface area contributed by atoms with Gasteiger partial charge in [0.1, 0.15) is 100 Å². The van der Waals surface area contributed by atoms with Crippen LogP contribution in [0.1, 0.15) is 111 Å². The maximum atomic E-state index is 14.4. The van der Waals surface area contributed by atoms with E-state index in [4.69, 9.17) is 64.0 Å². The number of imidazole rings is 5. The Morgan fingerprint density at radius 3 is 0.892 bits per heavy atom. The number of unbranched alkanes of at least 4 members (excludes halogenated alkanes) is 1. The van der Waals surface area contributed by atoms with Crippen LogP contribution in [-0.4, -0.2) is 344 Å². The monoisotopic (exact) mass is 1990 g/mol. The zero-order valence-electron chi connectivity index (χ0n) is 77.3. The summed E-state index contributed by atoms with van der Waals surface area (Å²) in [6.45, 7) is 29.1. The largest absolute Gasteiger partial charge is 0.397 e. The summed E-state index contributed by atoms with van der Waals surface area (Å²) in [5, 5.41) is 106. The molecule has 720 valence electrons. The highest BCUT2D eigenvalue weighted by Crippen LogP contribution is 2.50. The summed E-state index contributed by atoms with van der Waals surface area (Å²) in [6, 6.07) is 8.24. The SMILES string of the molecule is C=P(C)(C)CC(C)[C@H]1O[C@@H](n2c(Br)nc3c(N)ccnc32)[C@H](O)[C@@H]1O.C=P(C)(C)CC(C)[C@H]1O[C@@H](n2c(CCC)nc3c(N)ccnc32)[C@H](O)[C@@H]1O.C=P(C)(C)CC(C)[C@H]1O[C@@H](n2c(CCCC)nc3c(N)ccnc32)[C@H](O)[C@@H]1O.C=P(C)(C)CC(C)[C@H]1O[C@@H](n2c(Cl)nc3c(N)ccnc32)[C@H](O)[C@@H]1O.C=P(C)(C)CC(C)[C@H]1O[C@@H](n2c(F)nc3c(N)ccnc32)[C@H](O)[C@@H]1O. The van der Waals surface area contributed by atoms with Crippen molar-refractivity contribution in [1.82, 2.24) is 72.7 Å². The molecule has 0 spiro atoms. The average molecular weight is 1990 g/mol. The first kappa shape index (κ1) is 104. The Hall–Kier alpha value is -6.30. The van der Waals surface area contributed by atoms with Crippen molar-refractivity contribution in [2.45, 2.75) is 203 Å². The van der Waals surface area contributed by atoms with E-state index in [-0.39, 0.29) is 51.7 Å². The fourth-order valence-corrected chi connectivity index (χ4v) is 28.1. The lowest BCUT2D eigenvalue weighted by Crippen LogP contribution is -2.36. The summed E-state index contributed by atoms with van der Waals surface area (Å²) >= 11 is 9.63. The molecule has 35 nitrogen and oxygen atoms in total. The maximum Gasteiger partial charge on any atom is 0.293 e. The molecule has 130 heavy (non-hydrogen) atoms. The van der Waals surface area contributed by atoms with Gasteiger partial charge in [0, 0.05) is 43.8 Å². The third kappa shape index (κ3) is 23.3. The molecule has 0 saturated carbocycles.